The molecular weight excluding hydrogens is 303 g/mol. The molecule has 3 aromatic carbocycles. The Morgan fingerprint density at radius 2 is 1.42 bits per heavy atom. The van der Waals surface area contributed by atoms with E-state index in [-0.39, 0.29) is 17.3 Å². The second kappa shape index (κ2) is 6.92. The van der Waals surface area contributed by atoms with Gasteiger partial charge in [0.2, 0.25) is 0 Å². The molecule has 0 unspecified atom stereocenters. The fourth-order valence-corrected chi connectivity index (χ4v) is 2.39. The Bertz CT molecular complexity index is 864. The number of ketones is 1. The van der Waals surface area contributed by atoms with E-state index in [1.165, 1.54) is 24.3 Å². The van der Waals surface area contributed by atoms with Crippen molar-refractivity contribution in [2.75, 3.05) is 0 Å². The average molecular weight is 318 g/mol. The molecule has 0 aliphatic heterocycles. The molecule has 2 nitrogen and oxygen atoms in total. The fourth-order valence-electron chi connectivity index (χ4n) is 2.39. The Kier molecular flexibility index (Phi) is 4.52. The van der Waals surface area contributed by atoms with Crippen molar-refractivity contribution < 1.29 is 14.3 Å². The monoisotopic (exact) mass is 318 g/mol. The molecule has 24 heavy (non-hydrogen) atoms. The minimum atomic E-state index is -0.321. The molecule has 0 bridgehead atoms. The van der Waals surface area contributed by atoms with E-state index in [2.05, 4.69) is 0 Å². The van der Waals surface area contributed by atoms with E-state index in [0.29, 0.717) is 11.1 Å². The van der Waals surface area contributed by atoms with Crippen LogP contribution in [-0.2, 0) is 0 Å². The lowest BCUT2D eigenvalue weighted by Gasteiger charge is -2.08. The van der Waals surface area contributed by atoms with Crippen molar-refractivity contribution in [1.29, 1.82) is 0 Å². The number of hydrogen-bond acceptors (Lipinski definition) is 2. The van der Waals surface area contributed by atoms with Gasteiger partial charge in [-0.1, -0.05) is 42.5 Å². The first-order valence-electron chi connectivity index (χ1n) is 7.50. The number of allylic oxidation sites excluding steroid dienone is 1. The molecule has 3 heteroatoms. The molecule has 3 aromatic rings. The first-order chi connectivity index (χ1) is 11.6. The summed E-state index contributed by atoms with van der Waals surface area (Å²) in [6.45, 7) is 0. The van der Waals surface area contributed by atoms with Crippen LogP contribution >= 0.6 is 0 Å². The lowest BCUT2D eigenvalue weighted by Crippen LogP contribution is -2.02. The quantitative estimate of drug-likeness (QED) is 0.419. The van der Waals surface area contributed by atoms with E-state index in [9.17, 15) is 14.3 Å². The van der Waals surface area contributed by atoms with Crippen LogP contribution in [0, 0.1) is 5.82 Å². The van der Waals surface area contributed by atoms with Crippen LogP contribution in [0.5, 0.6) is 5.75 Å². The average Bonchev–Trinajstić information content (AvgIpc) is 2.62. The van der Waals surface area contributed by atoms with Crippen LogP contribution in [0.2, 0.25) is 0 Å². The Labute approximate surface area is 139 Å². The summed E-state index contributed by atoms with van der Waals surface area (Å²) >= 11 is 0. The van der Waals surface area contributed by atoms with Crippen molar-refractivity contribution in [2.24, 2.45) is 0 Å². The summed E-state index contributed by atoms with van der Waals surface area (Å²) in [7, 11) is 0. The number of carbonyl (C=O) groups is 1. The number of aromatic hydroxyl groups is 1. The summed E-state index contributed by atoms with van der Waals surface area (Å²) in [6, 6.07) is 21.4. The van der Waals surface area contributed by atoms with Crippen molar-refractivity contribution >= 4 is 17.4 Å². The highest BCUT2D eigenvalue weighted by Gasteiger charge is 2.14. The molecule has 0 saturated heterocycles. The summed E-state index contributed by atoms with van der Waals surface area (Å²) in [5, 5.41) is 9.39. The number of hydrogen-bond donors (Lipinski definition) is 1. The number of Topliss-reactive ketones (excluding diaryl/α,β-unsaturated/α-hetero) is 1. The van der Waals surface area contributed by atoms with E-state index in [1.54, 1.807) is 30.3 Å². The van der Waals surface area contributed by atoms with Gasteiger partial charge in [-0.05, 0) is 53.6 Å². The van der Waals surface area contributed by atoms with Gasteiger partial charge in [-0.3, -0.25) is 4.79 Å². The largest absolute Gasteiger partial charge is 0.508 e. The van der Waals surface area contributed by atoms with Gasteiger partial charge in [-0.2, -0.15) is 0 Å². The summed E-state index contributed by atoms with van der Waals surface area (Å²) in [5.74, 6) is -0.376. The van der Waals surface area contributed by atoms with E-state index in [0.717, 1.165) is 11.1 Å². The highest BCUT2D eigenvalue weighted by atomic mass is 19.1. The van der Waals surface area contributed by atoms with Crippen molar-refractivity contribution in [3.63, 3.8) is 0 Å². The lowest BCUT2D eigenvalue weighted by atomic mass is 9.95. The van der Waals surface area contributed by atoms with Crippen LogP contribution in [0.3, 0.4) is 0 Å². The third kappa shape index (κ3) is 3.58. The zero-order valence-electron chi connectivity index (χ0n) is 12.8. The minimum Gasteiger partial charge on any atom is -0.508 e. The molecule has 0 aliphatic carbocycles. The standard InChI is InChI=1S/C21H15FO2/c22-18-10-6-15(7-11-18)14-20(16-4-2-1-3-5-16)21(24)17-8-12-19(23)13-9-17/h1-14,23H/b20-14-. The maximum absolute atomic E-state index is 13.1. The zero-order chi connectivity index (χ0) is 16.9. The van der Waals surface area contributed by atoms with E-state index < -0.39 is 0 Å². The van der Waals surface area contributed by atoms with Crippen LogP contribution < -0.4 is 0 Å². The topological polar surface area (TPSA) is 37.3 Å². The molecule has 0 aromatic heterocycles. The summed E-state index contributed by atoms with van der Waals surface area (Å²) in [6.07, 6.45) is 1.74. The van der Waals surface area contributed by atoms with Gasteiger partial charge in [0, 0.05) is 11.1 Å². The van der Waals surface area contributed by atoms with Gasteiger partial charge in [0.25, 0.3) is 0 Å². The number of halogens is 1. The van der Waals surface area contributed by atoms with Crippen LogP contribution in [0.15, 0.2) is 78.9 Å². The first kappa shape index (κ1) is 15.7. The Balaban J connectivity index is 2.06. The molecule has 0 aliphatic rings. The van der Waals surface area contributed by atoms with E-state index in [4.69, 9.17) is 0 Å². The highest BCUT2D eigenvalue weighted by molar-refractivity contribution is 6.32. The van der Waals surface area contributed by atoms with Gasteiger partial charge in [0.1, 0.15) is 11.6 Å². The summed E-state index contributed by atoms with van der Waals surface area (Å²) in [4.78, 5) is 12.9. The van der Waals surface area contributed by atoms with Gasteiger partial charge < -0.3 is 5.11 Å². The van der Waals surface area contributed by atoms with Crippen molar-refractivity contribution in [2.45, 2.75) is 0 Å². The number of phenols is 1. The van der Waals surface area contributed by atoms with Gasteiger partial charge in [-0.25, -0.2) is 4.39 Å². The zero-order valence-corrected chi connectivity index (χ0v) is 12.8. The van der Waals surface area contributed by atoms with Crippen LogP contribution in [0.4, 0.5) is 4.39 Å². The van der Waals surface area contributed by atoms with Crippen LogP contribution in [0.25, 0.3) is 11.6 Å². The van der Waals surface area contributed by atoms with Gasteiger partial charge in [0.15, 0.2) is 5.78 Å². The smallest absolute Gasteiger partial charge is 0.193 e. The predicted molar refractivity (Wildman–Crippen MR) is 93.2 cm³/mol. The number of phenolic OH excluding ortho intramolecular Hbond substituents is 1. The molecule has 0 heterocycles. The maximum Gasteiger partial charge on any atom is 0.193 e. The van der Waals surface area contributed by atoms with Gasteiger partial charge >= 0.3 is 0 Å². The normalized spacial score (nSPS) is 11.3. The molecule has 1 N–H and O–H groups in total. The first-order valence-corrected chi connectivity index (χ1v) is 7.50. The Morgan fingerprint density at radius 3 is 2.04 bits per heavy atom. The Hall–Kier alpha value is -3.20. The van der Waals surface area contributed by atoms with Crippen molar-refractivity contribution in [3.8, 4) is 5.75 Å². The number of benzene rings is 3. The third-order valence-electron chi connectivity index (χ3n) is 3.64. The molecule has 0 saturated carbocycles. The van der Waals surface area contributed by atoms with E-state index >= 15 is 0 Å². The van der Waals surface area contributed by atoms with Crippen molar-refractivity contribution in [1.82, 2.24) is 0 Å². The van der Waals surface area contributed by atoms with Crippen molar-refractivity contribution in [3.05, 3.63) is 101 Å². The van der Waals surface area contributed by atoms with Crippen LogP contribution in [0.1, 0.15) is 21.5 Å². The summed E-state index contributed by atoms with van der Waals surface area (Å²) in [5.41, 5.74) is 2.50. The molecule has 0 fully saturated rings. The molecule has 0 atom stereocenters. The second-order valence-electron chi connectivity index (χ2n) is 5.35. The Morgan fingerprint density at radius 1 is 0.792 bits per heavy atom. The molecule has 0 radical (unpaired) electrons. The number of rotatable bonds is 4. The minimum absolute atomic E-state index is 0.107. The molecular formula is C21H15FO2. The third-order valence-corrected chi connectivity index (χ3v) is 3.64. The SMILES string of the molecule is O=C(/C(=C\c1ccc(F)cc1)c1ccccc1)c1ccc(O)cc1. The number of carbonyl (C=O) groups excluding carboxylic acids is 1. The fraction of sp³-hybridized carbons (Fsp3) is 0. The molecule has 118 valence electrons. The highest BCUT2D eigenvalue weighted by Crippen LogP contribution is 2.24. The predicted octanol–water partition coefficient (Wildman–Crippen LogP) is 4.95. The maximum atomic E-state index is 13.1. The molecule has 0 spiro atoms. The molecule has 0 amide bonds. The summed E-state index contributed by atoms with van der Waals surface area (Å²) < 4.78 is 13.1. The lowest BCUT2D eigenvalue weighted by molar-refractivity contribution is 0.105. The van der Waals surface area contributed by atoms with Crippen LogP contribution in [-0.4, -0.2) is 10.9 Å². The van der Waals surface area contributed by atoms with Gasteiger partial charge in [-0.15, -0.1) is 0 Å². The second-order valence-corrected chi connectivity index (χ2v) is 5.35. The molecule has 3 rings (SSSR count). The van der Waals surface area contributed by atoms with E-state index in [1.807, 2.05) is 30.3 Å². The van der Waals surface area contributed by atoms with Gasteiger partial charge in [0.05, 0.1) is 0 Å².